The van der Waals surface area contributed by atoms with Crippen LogP contribution in [0.3, 0.4) is 0 Å². The van der Waals surface area contributed by atoms with E-state index in [4.69, 9.17) is 5.26 Å². The second-order valence-electron chi connectivity index (χ2n) is 5.14. The molecule has 0 bridgehead atoms. The van der Waals surface area contributed by atoms with Crippen LogP contribution in [-0.4, -0.2) is 48.9 Å². The summed E-state index contributed by atoms with van der Waals surface area (Å²) in [7, 11) is 3.96. The predicted octanol–water partition coefficient (Wildman–Crippen LogP) is 0.843. The summed E-state index contributed by atoms with van der Waals surface area (Å²) in [6, 6.07) is 2.51. The van der Waals surface area contributed by atoms with Gasteiger partial charge in [-0.2, -0.15) is 5.26 Å². The molecule has 0 aromatic rings. The third kappa shape index (κ3) is 1.92. The molecule has 0 N–H and O–H groups in total. The molecule has 0 atom stereocenters. The van der Waals surface area contributed by atoms with Crippen LogP contribution in [0.25, 0.3) is 0 Å². The molecule has 1 heterocycles. The first kappa shape index (κ1) is 11.4. The second kappa shape index (κ2) is 4.06. The van der Waals surface area contributed by atoms with Crippen molar-refractivity contribution in [1.82, 2.24) is 9.80 Å². The molecule has 16 heavy (non-hydrogen) atoms. The van der Waals surface area contributed by atoms with Gasteiger partial charge in [-0.15, -0.1) is 0 Å². The molecule has 0 aromatic carbocycles. The molecular weight excluding hydrogens is 202 g/mol. The lowest BCUT2D eigenvalue weighted by Gasteiger charge is -2.35. The molecule has 0 spiro atoms. The topological polar surface area (TPSA) is 47.3 Å². The number of hydrogen-bond acceptors (Lipinski definition) is 3. The van der Waals surface area contributed by atoms with Crippen molar-refractivity contribution < 1.29 is 4.79 Å². The molecule has 1 saturated carbocycles. The Balaban J connectivity index is 1.95. The lowest BCUT2D eigenvalue weighted by atomic mass is 10.0. The van der Waals surface area contributed by atoms with Gasteiger partial charge in [0.1, 0.15) is 5.41 Å². The fraction of sp³-hybridized carbons (Fsp3) is 0.833. The Labute approximate surface area is 96.8 Å². The van der Waals surface area contributed by atoms with Crippen molar-refractivity contribution in [2.75, 3.05) is 27.2 Å². The van der Waals surface area contributed by atoms with Crippen molar-refractivity contribution in [3.63, 3.8) is 0 Å². The van der Waals surface area contributed by atoms with E-state index in [-0.39, 0.29) is 5.91 Å². The molecule has 0 radical (unpaired) electrons. The average Bonchev–Trinajstić information content (AvgIpc) is 3.09. The Hall–Kier alpha value is -1.08. The molecule has 0 aromatic heterocycles. The summed E-state index contributed by atoms with van der Waals surface area (Å²) >= 11 is 0. The Morgan fingerprint density at radius 3 is 2.44 bits per heavy atom. The zero-order valence-corrected chi connectivity index (χ0v) is 10.1. The van der Waals surface area contributed by atoms with Gasteiger partial charge in [-0.05, 0) is 45.8 Å². The zero-order chi connectivity index (χ0) is 11.8. The van der Waals surface area contributed by atoms with Gasteiger partial charge in [0.15, 0.2) is 0 Å². The van der Waals surface area contributed by atoms with Gasteiger partial charge < -0.3 is 9.80 Å². The Kier molecular flexibility index (Phi) is 2.90. The molecule has 4 nitrogen and oxygen atoms in total. The number of carbonyl (C=O) groups excluding carboxylic acids is 1. The van der Waals surface area contributed by atoms with Gasteiger partial charge in [0.2, 0.25) is 5.91 Å². The summed E-state index contributed by atoms with van der Waals surface area (Å²) < 4.78 is 0. The largest absolute Gasteiger partial charge is 0.341 e. The average molecular weight is 221 g/mol. The fourth-order valence-corrected chi connectivity index (χ4v) is 2.38. The zero-order valence-electron chi connectivity index (χ0n) is 10.1. The van der Waals surface area contributed by atoms with Crippen LogP contribution in [0.15, 0.2) is 0 Å². The van der Waals surface area contributed by atoms with Gasteiger partial charge in [0.05, 0.1) is 6.07 Å². The van der Waals surface area contributed by atoms with E-state index in [0.717, 1.165) is 38.8 Å². The van der Waals surface area contributed by atoms with Crippen LogP contribution in [0.4, 0.5) is 0 Å². The summed E-state index contributed by atoms with van der Waals surface area (Å²) in [6.45, 7) is 2.09. The van der Waals surface area contributed by atoms with E-state index in [0.29, 0.717) is 6.04 Å². The number of amides is 1. The van der Waals surface area contributed by atoms with Crippen LogP contribution in [-0.2, 0) is 4.79 Å². The van der Waals surface area contributed by atoms with Gasteiger partial charge in [-0.3, -0.25) is 4.79 Å². The summed E-state index contributed by atoms with van der Waals surface area (Å²) in [5.41, 5.74) is -0.655. The lowest BCUT2D eigenvalue weighted by Crippen LogP contribution is -2.46. The maximum absolute atomic E-state index is 12.1. The molecule has 88 valence electrons. The minimum absolute atomic E-state index is 0.0459. The molecule has 2 aliphatic rings. The van der Waals surface area contributed by atoms with E-state index in [2.05, 4.69) is 18.0 Å². The molecule has 2 fully saturated rings. The minimum Gasteiger partial charge on any atom is -0.341 e. The number of nitriles is 1. The van der Waals surface area contributed by atoms with E-state index in [1.165, 1.54) is 0 Å². The molecule has 1 saturated heterocycles. The summed E-state index contributed by atoms with van der Waals surface area (Å²) in [6.07, 6.45) is 3.55. The van der Waals surface area contributed by atoms with Crippen molar-refractivity contribution in [2.24, 2.45) is 5.41 Å². The quantitative estimate of drug-likeness (QED) is 0.694. The van der Waals surface area contributed by atoms with Gasteiger partial charge in [0.25, 0.3) is 0 Å². The van der Waals surface area contributed by atoms with Crippen LogP contribution in [0, 0.1) is 16.7 Å². The number of carbonyl (C=O) groups is 1. The van der Waals surface area contributed by atoms with Crippen LogP contribution >= 0.6 is 0 Å². The highest BCUT2D eigenvalue weighted by atomic mass is 16.2. The first-order valence-electron chi connectivity index (χ1n) is 5.96. The monoisotopic (exact) mass is 221 g/mol. The highest BCUT2D eigenvalue weighted by Crippen LogP contribution is 2.46. The first-order chi connectivity index (χ1) is 7.59. The van der Waals surface area contributed by atoms with Crippen molar-refractivity contribution >= 4 is 5.91 Å². The number of hydrogen-bond donors (Lipinski definition) is 0. The molecule has 0 unspecified atom stereocenters. The van der Waals surface area contributed by atoms with Gasteiger partial charge in [-0.25, -0.2) is 0 Å². The molecule has 4 heteroatoms. The Bertz CT molecular complexity index is 322. The molecule has 1 aliphatic carbocycles. The maximum Gasteiger partial charge on any atom is 0.243 e. The summed E-state index contributed by atoms with van der Waals surface area (Å²) in [4.78, 5) is 16.2. The number of rotatable bonds is 2. The predicted molar refractivity (Wildman–Crippen MR) is 60.6 cm³/mol. The van der Waals surface area contributed by atoms with E-state index in [1.807, 2.05) is 11.9 Å². The number of nitrogens with zero attached hydrogens (tertiary/aromatic N) is 3. The van der Waals surface area contributed by atoms with Crippen molar-refractivity contribution in [1.29, 1.82) is 5.26 Å². The van der Waals surface area contributed by atoms with E-state index in [9.17, 15) is 4.79 Å². The first-order valence-corrected chi connectivity index (χ1v) is 5.96. The maximum atomic E-state index is 12.1. The summed E-state index contributed by atoms with van der Waals surface area (Å²) in [5.74, 6) is 0.0459. The van der Waals surface area contributed by atoms with Gasteiger partial charge >= 0.3 is 0 Å². The van der Waals surface area contributed by atoms with E-state index < -0.39 is 5.41 Å². The normalized spacial score (nSPS) is 24.8. The van der Waals surface area contributed by atoms with E-state index in [1.54, 1.807) is 0 Å². The van der Waals surface area contributed by atoms with E-state index >= 15 is 0 Å². The second-order valence-corrected chi connectivity index (χ2v) is 5.14. The number of likely N-dealkylation sites (tertiary alicyclic amines) is 1. The number of piperidine rings is 1. The van der Waals surface area contributed by atoms with Crippen LogP contribution in [0.2, 0.25) is 0 Å². The minimum atomic E-state index is -0.655. The molecule has 1 amide bonds. The smallest absolute Gasteiger partial charge is 0.243 e. The Morgan fingerprint density at radius 2 is 2.00 bits per heavy atom. The highest BCUT2D eigenvalue weighted by Gasteiger charge is 2.52. The summed E-state index contributed by atoms with van der Waals surface area (Å²) in [5, 5.41) is 9.01. The van der Waals surface area contributed by atoms with Crippen LogP contribution in [0.1, 0.15) is 25.7 Å². The SMILES string of the molecule is CN1CCC(N(C)C(=O)C2(C#N)CC2)CC1. The van der Waals surface area contributed by atoms with Crippen molar-refractivity contribution in [3.05, 3.63) is 0 Å². The third-order valence-corrected chi connectivity index (χ3v) is 3.93. The standard InChI is InChI=1S/C12H19N3O/c1-14-7-3-10(4-8-14)15(2)11(16)12(9-13)5-6-12/h10H,3-8H2,1-2H3. The van der Waals surface area contributed by atoms with Crippen LogP contribution < -0.4 is 0 Å². The molecule has 1 aliphatic heterocycles. The lowest BCUT2D eigenvalue weighted by molar-refractivity contribution is -0.136. The molecular formula is C12H19N3O. The Morgan fingerprint density at radius 1 is 1.44 bits per heavy atom. The fourth-order valence-electron chi connectivity index (χ4n) is 2.38. The molecule has 2 rings (SSSR count). The van der Waals surface area contributed by atoms with Gasteiger partial charge in [-0.1, -0.05) is 0 Å². The highest BCUT2D eigenvalue weighted by molar-refractivity contribution is 5.88. The third-order valence-electron chi connectivity index (χ3n) is 3.93. The van der Waals surface area contributed by atoms with Crippen molar-refractivity contribution in [3.8, 4) is 6.07 Å². The van der Waals surface area contributed by atoms with Gasteiger partial charge in [0, 0.05) is 13.1 Å². The van der Waals surface area contributed by atoms with Crippen molar-refractivity contribution in [2.45, 2.75) is 31.7 Å². The van der Waals surface area contributed by atoms with Crippen LogP contribution in [0.5, 0.6) is 0 Å².